The van der Waals surface area contributed by atoms with E-state index in [1.54, 1.807) is 30.5 Å². The average molecular weight is 510 g/mol. The van der Waals surface area contributed by atoms with Gasteiger partial charge in [0, 0.05) is 16.1 Å². The zero-order valence-electron chi connectivity index (χ0n) is 19.0. The molecule has 1 aliphatic heterocycles. The van der Waals surface area contributed by atoms with Crippen molar-refractivity contribution >= 4 is 34.0 Å². The van der Waals surface area contributed by atoms with E-state index in [2.05, 4.69) is 10.3 Å². The van der Waals surface area contributed by atoms with Crippen molar-refractivity contribution in [1.29, 1.82) is 0 Å². The van der Waals surface area contributed by atoms with Gasteiger partial charge in [-0.15, -0.1) is 0 Å². The van der Waals surface area contributed by atoms with Gasteiger partial charge in [0.1, 0.15) is 0 Å². The molecule has 5 rings (SSSR count). The van der Waals surface area contributed by atoms with Crippen LogP contribution in [0.2, 0.25) is 5.02 Å². The summed E-state index contributed by atoms with van der Waals surface area (Å²) in [4.78, 5) is 18.1. The Bertz CT molecular complexity index is 1140. The van der Waals surface area contributed by atoms with Crippen LogP contribution in [0.1, 0.15) is 48.7 Å². The van der Waals surface area contributed by atoms with E-state index >= 15 is 0 Å². The highest BCUT2D eigenvalue weighted by Gasteiger charge is 2.52. The number of alkyl halides is 2. The Labute approximate surface area is 206 Å². The van der Waals surface area contributed by atoms with Gasteiger partial charge < -0.3 is 20.5 Å². The number of ether oxygens (including phenoxy) is 2. The molecule has 0 spiro atoms. The number of nitrogens with zero attached hydrogens (tertiary/aromatic N) is 1. The fourth-order valence-electron chi connectivity index (χ4n) is 3.58. The third-order valence-electron chi connectivity index (χ3n) is 5.41. The number of hydrogen-bond donors (Lipinski definition) is 2. The largest absolute Gasteiger partial charge is 0.425 e. The Kier molecular flexibility index (Phi) is 8.46. The number of aromatic nitrogens is 1. The third-order valence-corrected chi connectivity index (χ3v) is 6.75. The van der Waals surface area contributed by atoms with Crippen LogP contribution in [0, 0.1) is 0 Å². The normalized spacial score (nSPS) is 17.4. The SMILES string of the molecule is CC.CF.NC(c1cnc(NC(=O)C2(c3ccc4c(c3)OC(F)O4)CC2)s1)c1ccccc1Cl. The highest BCUT2D eigenvalue weighted by molar-refractivity contribution is 7.15. The zero-order chi connectivity index (χ0) is 24.9. The molecule has 1 amide bonds. The molecule has 3 N–H and O–H groups in total. The summed E-state index contributed by atoms with van der Waals surface area (Å²) in [7, 11) is 0.500. The average Bonchev–Trinajstić information content (AvgIpc) is 3.40. The molecule has 2 aromatic carbocycles. The Morgan fingerprint density at radius 2 is 1.88 bits per heavy atom. The summed E-state index contributed by atoms with van der Waals surface area (Å²) in [6.07, 6.45) is 3.03. The number of nitrogens with one attached hydrogen (secondary N) is 1. The summed E-state index contributed by atoms with van der Waals surface area (Å²) in [5, 5.41) is 3.94. The van der Waals surface area contributed by atoms with Crippen molar-refractivity contribution in [3.8, 4) is 11.5 Å². The lowest BCUT2D eigenvalue weighted by molar-refractivity contribution is -0.118. The van der Waals surface area contributed by atoms with Crippen LogP contribution < -0.4 is 20.5 Å². The summed E-state index contributed by atoms with van der Waals surface area (Å²) < 4.78 is 32.7. The number of thiazole rings is 1. The Hall–Kier alpha value is -2.75. The van der Waals surface area contributed by atoms with Crippen LogP contribution in [0.5, 0.6) is 11.5 Å². The number of benzene rings is 2. The second-order valence-corrected chi connectivity index (χ2v) is 8.74. The molecule has 1 fully saturated rings. The number of carbonyl (C=O) groups excluding carboxylic acids is 1. The molecule has 6 nitrogen and oxygen atoms in total. The molecule has 2 heterocycles. The topological polar surface area (TPSA) is 86.5 Å². The van der Waals surface area contributed by atoms with Gasteiger partial charge in [0.15, 0.2) is 16.6 Å². The molecule has 1 saturated carbocycles. The molecule has 1 aliphatic carbocycles. The number of hydrogen-bond acceptors (Lipinski definition) is 6. The molecule has 0 radical (unpaired) electrons. The molecule has 2 aliphatic rings. The molecule has 3 aromatic rings. The highest BCUT2D eigenvalue weighted by Crippen LogP contribution is 2.51. The lowest BCUT2D eigenvalue weighted by atomic mass is 9.94. The Morgan fingerprint density at radius 3 is 2.56 bits per heavy atom. The maximum absolute atomic E-state index is 13.3. The number of rotatable bonds is 5. The molecular formula is C24H26ClF2N3O3S. The van der Waals surface area contributed by atoms with E-state index in [4.69, 9.17) is 26.8 Å². The van der Waals surface area contributed by atoms with Crippen LogP contribution >= 0.6 is 22.9 Å². The van der Waals surface area contributed by atoms with Crippen molar-refractivity contribution in [2.45, 2.75) is 44.7 Å². The van der Waals surface area contributed by atoms with E-state index in [-0.39, 0.29) is 5.91 Å². The summed E-state index contributed by atoms with van der Waals surface area (Å²) in [6, 6.07) is 12.0. The van der Waals surface area contributed by atoms with Gasteiger partial charge >= 0.3 is 6.54 Å². The fraction of sp³-hybridized carbons (Fsp3) is 0.333. The Balaban J connectivity index is 0.000000771. The second kappa shape index (κ2) is 11.1. The van der Waals surface area contributed by atoms with Crippen LogP contribution in [0.25, 0.3) is 0 Å². The van der Waals surface area contributed by atoms with Crippen LogP contribution in [-0.2, 0) is 10.2 Å². The molecule has 34 heavy (non-hydrogen) atoms. The maximum Gasteiger partial charge on any atom is 0.397 e. The first-order valence-electron chi connectivity index (χ1n) is 10.7. The predicted octanol–water partition coefficient (Wildman–Crippen LogP) is 6.15. The van der Waals surface area contributed by atoms with Gasteiger partial charge in [-0.3, -0.25) is 9.18 Å². The summed E-state index contributed by atoms with van der Waals surface area (Å²) in [5.74, 6) is 0.479. The van der Waals surface area contributed by atoms with E-state index in [1.165, 1.54) is 11.3 Å². The number of fused-ring (bicyclic) bond motifs is 1. The minimum Gasteiger partial charge on any atom is -0.425 e. The van der Waals surface area contributed by atoms with Gasteiger partial charge in [-0.05, 0) is 42.2 Å². The molecular weight excluding hydrogens is 484 g/mol. The van der Waals surface area contributed by atoms with Crippen molar-refractivity contribution in [2.24, 2.45) is 5.73 Å². The quantitative estimate of drug-likeness (QED) is 0.430. The lowest BCUT2D eigenvalue weighted by Gasteiger charge is -2.15. The van der Waals surface area contributed by atoms with Gasteiger partial charge in [-0.2, -0.15) is 4.39 Å². The smallest absolute Gasteiger partial charge is 0.397 e. The molecule has 0 saturated heterocycles. The van der Waals surface area contributed by atoms with E-state index in [0.29, 0.717) is 41.7 Å². The second-order valence-electron chi connectivity index (χ2n) is 7.27. The van der Waals surface area contributed by atoms with Crippen molar-refractivity contribution in [3.05, 3.63) is 69.7 Å². The molecule has 10 heteroatoms. The van der Waals surface area contributed by atoms with Crippen LogP contribution in [0.15, 0.2) is 48.7 Å². The maximum atomic E-state index is 13.3. The number of amides is 1. The number of nitrogens with two attached hydrogens (primary N) is 1. The van der Waals surface area contributed by atoms with Gasteiger partial charge in [-0.1, -0.05) is 61.1 Å². The highest BCUT2D eigenvalue weighted by atomic mass is 35.5. The summed E-state index contributed by atoms with van der Waals surface area (Å²) in [5.41, 5.74) is 7.22. The molecule has 182 valence electrons. The number of halogens is 3. The zero-order valence-corrected chi connectivity index (χ0v) is 20.6. The van der Waals surface area contributed by atoms with Gasteiger partial charge in [-0.25, -0.2) is 4.98 Å². The lowest BCUT2D eigenvalue weighted by Crippen LogP contribution is -2.27. The van der Waals surface area contributed by atoms with Crippen molar-refractivity contribution in [1.82, 2.24) is 4.98 Å². The minimum absolute atomic E-state index is 0.162. The standard InChI is InChI=1S/C21H17ClFN3O3S.C2H6.CH3F/c22-13-4-2-1-3-12(13)17(24)16-10-25-20(30-16)26-18(27)21(7-8-21)11-5-6-14-15(9-11)29-19(23)28-14;2*1-2/h1-6,9-10,17,19H,7-8,24H2,(H,25,26,27);1-2H3;1H3. The first-order valence-corrected chi connectivity index (χ1v) is 11.9. The van der Waals surface area contributed by atoms with E-state index in [1.807, 2.05) is 32.0 Å². The van der Waals surface area contributed by atoms with Crippen molar-refractivity contribution in [2.75, 3.05) is 12.5 Å². The van der Waals surface area contributed by atoms with Crippen LogP contribution in [0.4, 0.5) is 13.9 Å². The summed E-state index contributed by atoms with van der Waals surface area (Å²) in [6.45, 7) is 2.19. The summed E-state index contributed by atoms with van der Waals surface area (Å²) >= 11 is 7.55. The minimum atomic E-state index is -1.81. The van der Waals surface area contributed by atoms with Crippen molar-refractivity contribution < 1.29 is 23.0 Å². The molecule has 0 bridgehead atoms. The first kappa shape index (κ1) is 25.9. The van der Waals surface area contributed by atoms with E-state index < -0.39 is 18.0 Å². The molecule has 2 unspecified atom stereocenters. The monoisotopic (exact) mass is 509 g/mol. The molecule has 2 atom stereocenters. The van der Waals surface area contributed by atoms with Gasteiger partial charge in [0.2, 0.25) is 5.91 Å². The van der Waals surface area contributed by atoms with Crippen LogP contribution in [-0.4, -0.2) is 24.6 Å². The first-order chi connectivity index (χ1) is 16.5. The fourth-order valence-corrected chi connectivity index (χ4v) is 4.66. The van der Waals surface area contributed by atoms with Gasteiger partial charge in [0.25, 0.3) is 0 Å². The van der Waals surface area contributed by atoms with E-state index in [0.717, 1.165) is 16.0 Å². The van der Waals surface area contributed by atoms with Gasteiger partial charge in [0.05, 0.1) is 18.6 Å². The number of carbonyl (C=O) groups is 1. The number of anilines is 1. The Morgan fingerprint density at radius 1 is 1.21 bits per heavy atom. The van der Waals surface area contributed by atoms with Crippen LogP contribution in [0.3, 0.4) is 0 Å². The van der Waals surface area contributed by atoms with E-state index in [9.17, 15) is 13.6 Å². The third kappa shape index (κ3) is 5.16. The molecule has 1 aromatic heterocycles. The van der Waals surface area contributed by atoms with Crippen molar-refractivity contribution in [3.63, 3.8) is 0 Å². The predicted molar refractivity (Wildman–Crippen MR) is 130 cm³/mol.